The highest BCUT2D eigenvalue weighted by Gasteiger charge is 2.03. The van der Waals surface area contributed by atoms with Gasteiger partial charge in [-0.25, -0.2) is 9.97 Å². The van der Waals surface area contributed by atoms with Crippen LogP contribution in [0.4, 0.5) is 5.82 Å². The van der Waals surface area contributed by atoms with Crippen LogP contribution in [0.15, 0.2) is 29.3 Å². The van der Waals surface area contributed by atoms with E-state index in [1.54, 1.807) is 11.8 Å². The molecule has 1 aromatic heterocycles. The number of aromatic nitrogens is 2. The molecule has 0 aliphatic carbocycles. The predicted octanol–water partition coefficient (Wildman–Crippen LogP) is 3.53. The van der Waals surface area contributed by atoms with Gasteiger partial charge < -0.3 is 5.73 Å². The smallest absolute Gasteiger partial charge is 0.131 e. The van der Waals surface area contributed by atoms with Crippen LogP contribution in [-0.2, 0) is 12.2 Å². The van der Waals surface area contributed by atoms with Crippen molar-refractivity contribution in [1.29, 1.82) is 0 Å². The molecule has 0 spiro atoms. The number of aryl methyl sites for hydroxylation is 3. The van der Waals surface area contributed by atoms with Crippen LogP contribution in [0.25, 0.3) is 0 Å². The van der Waals surface area contributed by atoms with Crippen LogP contribution in [0.5, 0.6) is 0 Å². The van der Waals surface area contributed by atoms with Crippen molar-refractivity contribution >= 4 is 17.6 Å². The lowest BCUT2D eigenvalue weighted by atomic mass is 10.1. The number of hydrogen-bond acceptors (Lipinski definition) is 4. The molecular weight excluding hydrogens is 254 g/mol. The molecule has 1 heterocycles. The summed E-state index contributed by atoms with van der Waals surface area (Å²) in [7, 11) is 0. The predicted molar refractivity (Wildman–Crippen MR) is 81.3 cm³/mol. The Morgan fingerprint density at radius 3 is 2.37 bits per heavy atom. The van der Waals surface area contributed by atoms with Crippen molar-refractivity contribution in [2.24, 2.45) is 0 Å². The van der Waals surface area contributed by atoms with Gasteiger partial charge in [0.15, 0.2) is 0 Å². The van der Waals surface area contributed by atoms with Crippen molar-refractivity contribution in [2.45, 2.75) is 38.0 Å². The van der Waals surface area contributed by atoms with Crippen molar-refractivity contribution in [3.63, 3.8) is 0 Å². The minimum absolute atomic E-state index is 0.551. The lowest BCUT2D eigenvalue weighted by molar-refractivity contribution is 0.894. The Morgan fingerprint density at radius 2 is 1.74 bits per heavy atom. The quantitative estimate of drug-likeness (QED) is 0.684. The molecule has 19 heavy (non-hydrogen) atoms. The number of nitrogen functional groups attached to an aromatic ring is 1. The van der Waals surface area contributed by atoms with E-state index >= 15 is 0 Å². The van der Waals surface area contributed by atoms with Gasteiger partial charge in [0.25, 0.3) is 0 Å². The molecule has 3 nitrogen and oxygen atoms in total. The number of rotatable bonds is 4. The molecule has 0 saturated carbocycles. The third-order valence-corrected chi connectivity index (χ3v) is 3.74. The van der Waals surface area contributed by atoms with Crippen molar-refractivity contribution in [1.82, 2.24) is 9.97 Å². The molecule has 0 amide bonds. The Balaban J connectivity index is 2.11. The van der Waals surface area contributed by atoms with Gasteiger partial charge in [0, 0.05) is 18.2 Å². The van der Waals surface area contributed by atoms with Crippen LogP contribution in [-0.4, -0.2) is 9.97 Å². The van der Waals surface area contributed by atoms with Gasteiger partial charge in [-0.3, -0.25) is 0 Å². The summed E-state index contributed by atoms with van der Waals surface area (Å²) >= 11 is 1.70. The fourth-order valence-electron chi connectivity index (χ4n) is 2.03. The first kappa shape index (κ1) is 13.9. The highest BCUT2D eigenvalue weighted by molar-refractivity contribution is 7.98. The summed E-state index contributed by atoms with van der Waals surface area (Å²) in [5.74, 6) is 2.26. The fraction of sp³-hybridized carbons (Fsp3) is 0.333. The van der Waals surface area contributed by atoms with Gasteiger partial charge in [0.05, 0.1) is 0 Å². The Labute approximate surface area is 118 Å². The number of benzene rings is 1. The highest BCUT2D eigenvalue weighted by atomic mass is 32.2. The summed E-state index contributed by atoms with van der Waals surface area (Å²) in [6.07, 6.45) is 0.808. The lowest BCUT2D eigenvalue weighted by Crippen LogP contribution is -1.99. The number of nitrogens with two attached hydrogens (primary N) is 1. The van der Waals surface area contributed by atoms with Gasteiger partial charge in [0.1, 0.15) is 16.7 Å². The van der Waals surface area contributed by atoms with E-state index in [4.69, 9.17) is 5.73 Å². The second kappa shape index (κ2) is 6.06. The van der Waals surface area contributed by atoms with E-state index in [9.17, 15) is 0 Å². The molecule has 4 heteroatoms. The fourth-order valence-corrected chi connectivity index (χ4v) is 2.89. The third-order valence-electron chi connectivity index (χ3n) is 2.75. The minimum Gasteiger partial charge on any atom is -0.384 e. The monoisotopic (exact) mass is 273 g/mol. The molecule has 0 atom stereocenters. The maximum Gasteiger partial charge on any atom is 0.131 e. The summed E-state index contributed by atoms with van der Waals surface area (Å²) in [4.78, 5) is 8.67. The van der Waals surface area contributed by atoms with Crippen LogP contribution in [0, 0.1) is 13.8 Å². The Bertz CT molecular complexity index is 561. The van der Waals surface area contributed by atoms with E-state index in [1.165, 1.54) is 16.7 Å². The molecule has 0 aliphatic heterocycles. The van der Waals surface area contributed by atoms with Crippen LogP contribution in [0.1, 0.15) is 29.4 Å². The molecule has 1 aromatic carbocycles. The summed E-state index contributed by atoms with van der Waals surface area (Å²) in [6.45, 7) is 6.28. The summed E-state index contributed by atoms with van der Waals surface area (Å²) in [5, 5.41) is 0.948. The first-order valence-electron chi connectivity index (χ1n) is 6.40. The van der Waals surface area contributed by atoms with Gasteiger partial charge in [-0.15, -0.1) is 11.8 Å². The molecular formula is C15H19N3S. The van der Waals surface area contributed by atoms with Crippen molar-refractivity contribution in [2.75, 3.05) is 5.73 Å². The molecule has 0 aliphatic rings. The maximum absolute atomic E-state index is 5.79. The van der Waals surface area contributed by atoms with Gasteiger partial charge in [-0.2, -0.15) is 0 Å². The number of anilines is 1. The SMILES string of the molecule is CCc1nc(N)cc(SCc2cc(C)cc(C)c2)n1. The van der Waals surface area contributed by atoms with Crippen molar-refractivity contribution in [3.8, 4) is 0 Å². The van der Waals surface area contributed by atoms with E-state index in [1.807, 2.05) is 13.0 Å². The van der Waals surface area contributed by atoms with Crippen LogP contribution in [0.2, 0.25) is 0 Å². The van der Waals surface area contributed by atoms with Crippen molar-refractivity contribution in [3.05, 3.63) is 46.8 Å². The van der Waals surface area contributed by atoms with Crippen LogP contribution < -0.4 is 5.73 Å². The topological polar surface area (TPSA) is 51.8 Å². The summed E-state index contributed by atoms with van der Waals surface area (Å²) < 4.78 is 0. The lowest BCUT2D eigenvalue weighted by Gasteiger charge is -2.06. The number of nitrogens with zero attached hydrogens (tertiary/aromatic N) is 2. The highest BCUT2D eigenvalue weighted by Crippen LogP contribution is 2.23. The van der Waals surface area contributed by atoms with Crippen molar-refractivity contribution < 1.29 is 0 Å². The van der Waals surface area contributed by atoms with Crippen LogP contribution >= 0.6 is 11.8 Å². The number of thioether (sulfide) groups is 1. The third kappa shape index (κ3) is 3.96. The average Bonchev–Trinajstić information content (AvgIpc) is 2.34. The first-order valence-corrected chi connectivity index (χ1v) is 7.39. The Hall–Kier alpha value is -1.55. The molecule has 0 saturated heterocycles. The molecule has 2 N–H and O–H groups in total. The minimum atomic E-state index is 0.551. The summed E-state index contributed by atoms with van der Waals surface area (Å²) in [6, 6.07) is 8.45. The van der Waals surface area contributed by atoms with E-state index in [-0.39, 0.29) is 0 Å². The number of hydrogen-bond donors (Lipinski definition) is 1. The molecule has 2 aromatic rings. The Morgan fingerprint density at radius 1 is 1.05 bits per heavy atom. The second-order valence-corrected chi connectivity index (χ2v) is 5.68. The normalized spacial score (nSPS) is 10.7. The maximum atomic E-state index is 5.79. The summed E-state index contributed by atoms with van der Waals surface area (Å²) in [5.41, 5.74) is 9.70. The molecule has 0 bridgehead atoms. The molecule has 0 fully saturated rings. The standard InChI is InChI=1S/C15H19N3S/c1-4-14-17-13(16)8-15(18-14)19-9-12-6-10(2)5-11(3)7-12/h5-8H,4,9H2,1-3H3,(H2,16,17,18). The average molecular weight is 273 g/mol. The van der Waals surface area contributed by atoms with E-state index in [0.717, 1.165) is 23.0 Å². The largest absolute Gasteiger partial charge is 0.384 e. The van der Waals surface area contributed by atoms with Gasteiger partial charge in [-0.05, 0) is 19.4 Å². The Kier molecular flexibility index (Phi) is 4.43. The molecule has 0 radical (unpaired) electrons. The van der Waals surface area contributed by atoms with E-state index in [0.29, 0.717) is 5.82 Å². The second-order valence-electron chi connectivity index (χ2n) is 4.69. The molecule has 0 unspecified atom stereocenters. The van der Waals surface area contributed by atoms with Gasteiger partial charge >= 0.3 is 0 Å². The first-order chi connectivity index (χ1) is 9.06. The zero-order chi connectivity index (χ0) is 13.8. The van der Waals surface area contributed by atoms with Crippen LogP contribution in [0.3, 0.4) is 0 Å². The molecule has 2 rings (SSSR count). The van der Waals surface area contributed by atoms with E-state index in [2.05, 4.69) is 42.0 Å². The van der Waals surface area contributed by atoms with Gasteiger partial charge in [0.2, 0.25) is 0 Å². The van der Waals surface area contributed by atoms with E-state index < -0.39 is 0 Å². The molecule has 100 valence electrons. The zero-order valence-electron chi connectivity index (χ0n) is 11.6. The zero-order valence-corrected chi connectivity index (χ0v) is 12.4. The van der Waals surface area contributed by atoms with Gasteiger partial charge in [-0.1, -0.05) is 36.2 Å².